The molecule has 0 atom stereocenters. The lowest BCUT2D eigenvalue weighted by molar-refractivity contribution is 0.591. The van der Waals surface area contributed by atoms with Crippen molar-refractivity contribution in [2.45, 2.75) is 4.90 Å². The van der Waals surface area contributed by atoms with E-state index in [4.69, 9.17) is 0 Å². The number of pyridine rings is 1. The van der Waals surface area contributed by atoms with Crippen molar-refractivity contribution in [1.82, 2.24) is 4.98 Å². The third kappa shape index (κ3) is 3.07. The summed E-state index contributed by atoms with van der Waals surface area (Å²) in [6.45, 7) is 0. The molecule has 19 heavy (non-hydrogen) atoms. The van der Waals surface area contributed by atoms with Gasteiger partial charge in [0.2, 0.25) is 0 Å². The second kappa shape index (κ2) is 5.22. The van der Waals surface area contributed by atoms with Gasteiger partial charge in [0.25, 0.3) is 10.0 Å². The lowest BCUT2D eigenvalue weighted by atomic mass is 10.3. The molecule has 0 fully saturated rings. The van der Waals surface area contributed by atoms with Crippen LogP contribution in [-0.2, 0) is 10.0 Å². The standard InChI is InChI=1S/C11H7BrF2N2O2S/c12-8-4-10(14)11(5-9(8)13)16-19(17,18)7-2-1-3-15-6-7/h1-6,16H. The minimum absolute atomic E-state index is 0.0886. The molecular weight excluding hydrogens is 342 g/mol. The molecule has 0 aliphatic heterocycles. The maximum Gasteiger partial charge on any atom is 0.263 e. The maximum atomic E-state index is 13.5. The van der Waals surface area contributed by atoms with E-state index < -0.39 is 27.3 Å². The van der Waals surface area contributed by atoms with E-state index in [1.165, 1.54) is 18.3 Å². The van der Waals surface area contributed by atoms with Crippen molar-refractivity contribution in [1.29, 1.82) is 0 Å². The topological polar surface area (TPSA) is 59.1 Å². The summed E-state index contributed by atoms with van der Waals surface area (Å²) in [6.07, 6.45) is 2.51. The number of anilines is 1. The van der Waals surface area contributed by atoms with Gasteiger partial charge in [0.15, 0.2) is 0 Å². The number of aromatic nitrogens is 1. The van der Waals surface area contributed by atoms with Crippen molar-refractivity contribution < 1.29 is 17.2 Å². The molecule has 0 amide bonds. The van der Waals surface area contributed by atoms with Crippen molar-refractivity contribution in [3.63, 3.8) is 0 Å². The Balaban J connectivity index is 2.39. The second-order valence-corrected chi connectivity index (χ2v) is 6.08. The highest BCUT2D eigenvalue weighted by Gasteiger charge is 2.17. The van der Waals surface area contributed by atoms with E-state index in [-0.39, 0.29) is 9.37 Å². The molecule has 1 aromatic heterocycles. The SMILES string of the molecule is O=S(=O)(Nc1cc(F)c(Br)cc1F)c1cccnc1. The van der Waals surface area contributed by atoms with Crippen molar-refractivity contribution >= 4 is 31.6 Å². The molecule has 0 saturated carbocycles. The summed E-state index contributed by atoms with van der Waals surface area (Å²) in [6, 6.07) is 4.32. The van der Waals surface area contributed by atoms with E-state index in [1.54, 1.807) is 0 Å². The van der Waals surface area contributed by atoms with Gasteiger partial charge in [0.05, 0.1) is 10.2 Å². The average Bonchev–Trinajstić information content (AvgIpc) is 2.37. The van der Waals surface area contributed by atoms with Crippen molar-refractivity contribution in [2.75, 3.05) is 4.72 Å². The Labute approximate surface area is 116 Å². The van der Waals surface area contributed by atoms with Crippen LogP contribution in [0.3, 0.4) is 0 Å². The fourth-order valence-electron chi connectivity index (χ4n) is 1.31. The number of sulfonamides is 1. The third-order valence-electron chi connectivity index (χ3n) is 2.20. The van der Waals surface area contributed by atoms with Crippen LogP contribution in [0, 0.1) is 11.6 Å². The average molecular weight is 349 g/mol. The predicted octanol–water partition coefficient (Wildman–Crippen LogP) is 2.92. The first kappa shape index (κ1) is 13.9. The summed E-state index contributed by atoms with van der Waals surface area (Å²) < 4.78 is 52.5. The van der Waals surface area contributed by atoms with E-state index >= 15 is 0 Å². The minimum atomic E-state index is -4.00. The van der Waals surface area contributed by atoms with E-state index in [0.717, 1.165) is 18.3 Å². The molecule has 0 aliphatic carbocycles. The van der Waals surface area contributed by atoms with Crippen LogP contribution in [0.15, 0.2) is 46.0 Å². The third-order valence-corrected chi connectivity index (χ3v) is 4.16. The van der Waals surface area contributed by atoms with Gasteiger partial charge in [0, 0.05) is 18.5 Å². The summed E-state index contributed by atoms with van der Waals surface area (Å²) in [5.74, 6) is -1.66. The Bertz CT molecular complexity index is 708. The number of nitrogens with zero attached hydrogens (tertiary/aromatic N) is 1. The van der Waals surface area contributed by atoms with Crippen LogP contribution in [0.2, 0.25) is 0 Å². The molecule has 2 aromatic rings. The number of hydrogen-bond donors (Lipinski definition) is 1. The van der Waals surface area contributed by atoms with Crippen LogP contribution in [0.25, 0.3) is 0 Å². The number of hydrogen-bond acceptors (Lipinski definition) is 3. The van der Waals surface area contributed by atoms with Crippen LogP contribution in [-0.4, -0.2) is 13.4 Å². The summed E-state index contributed by atoms with van der Waals surface area (Å²) in [4.78, 5) is 3.51. The lowest BCUT2D eigenvalue weighted by Crippen LogP contribution is -2.14. The van der Waals surface area contributed by atoms with E-state index in [1.807, 2.05) is 4.72 Å². The zero-order valence-electron chi connectivity index (χ0n) is 9.27. The largest absolute Gasteiger partial charge is 0.276 e. The predicted molar refractivity (Wildman–Crippen MR) is 69.1 cm³/mol. The van der Waals surface area contributed by atoms with E-state index in [0.29, 0.717) is 0 Å². The zero-order valence-corrected chi connectivity index (χ0v) is 11.7. The second-order valence-electron chi connectivity index (χ2n) is 3.54. The first-order valence-corrected chi connectivity index (χ1v) is 7.25. The monoisotopic (exact) mass is 348 g/mol. The number of nitrogens with one attached hydrogen (secondary N) is 1. The van der Waals surface area contributed by atoms with Gasteiger partial charge in [0.1, 0.15) is 16.5 Å². The Morgan fingerprint density at radius 1 is 1.21 bits per heavy atom. The number of rotatable bonds is 3. The quantitative estimate of drug-likeness (QED) is 0.867. The first-order chi connectivity index (χ1) is 8.90. The lowest BCUT2D eigenvalue weighted by Gasteiger charge is -2.09. The molecule has 2 rings (SSSR count). The fourth-order valence-corrected chi connectivity index (χ4v) is 2.65. The van der Waals surface area contributed by atoms with Crippen LogP contribution >= 0.6 is 15.9 Å². The van der Waals surface area contributed by atoms with Crippen molar-refractivity contribution in [3.05, 3.63) is 52.8 Å². The molecular formula is C11H7BrF2N2O2S. The van der Waals surface area contributed by atoms with Crippen LogP contribution < -0.4 is 4.72 Å². The highest BCUT2D eigenvalue weighted by atomic mass is 79.9. The molecule has 0 spiro atoms. The first-order valence-electron chi connectivity index (χ1n) is 4.97. The van der Waals surface area contributed by atoms with Crippen molar-refractivity contribution in [3.8, 4) is 0 Å². The van der Waals surface area contributed by atoms with Crippen molar-refractivity contribution in [2.24, 2.45) is 0 Å². The zero-order chi connectivity index (χ0) is 14.0. The van der Waals surface area contributed by atoms with Crippen LogP contribution in [0.1, 0.15) is 0 Å². The highest BCUT2D eigenvalue weighted by Crippen LogP contribution is 2.25. The molecule has 1 N–H and O–H groups in total. The van der Waals surface area contributed by atoms with E-state index in [9.17, 15) is 17.2 Å². The van der Waals surface area contributed by atoms with E-state index in [2.05, 4.69) is 20.9 Å². The Morgan fingerprint density at radius 2 is 1.95 bits per heavy atom. The van der Waals surface area contributed by atoms with Gasteiger partial charge in [-0.05, 0) is 34.1 Å². The summed E-state index contributed by atoms with van der Waals surface area (Å²) in [7, 11) is -4.00. The summed E-state index contributed by atoms with van der Waals surface area (Å²) in [5.41, 5.74) is -0.468. The molecule has 100 valence electrons. The number of benzene rings is 1. The Kier molecular flexibility index (Phi) is 3.81. The summed E-state index contributed by atoms with van der Waals surface area (Å²) >= 11 is 2.80. The number of halogens is 3. The van der Waals surface area contributed by atoms with Gasteiger partial charge in [-0.15, -0.1) is 0 Å². The maximum absolute atomic E-state index is 13.5. The fraction of sp³-hybridized carbons (Fsp3) is 0. The molecule has 1 heterocycles. The van der Waals surface area contributed by atoms with Gasteiger partial charge in [-0.2, -0.15) is 0 Å². The molecule has 0 radical (unpaired) electrons. The molecule has 0 saturated heterocycles. The highest BCUT2D eigenvalue weighted by molar-refractivity contribution is 9.10. The Hall–Kier alpha value is -1.54. The van der Waals surface area contributed by atoms with Gasteiger partial charge in [-0.25, -0.2) is 17.2 Å². The Morgan fingerprint density at radius 3 is 2.58 bits per heavy atom. The normalized spacial score (nSPS) is 11.3. The smallest absolute Gasteiger partial charge is 0.263 e. The molecule has 8 heteroatoms. The molecule has 1 aromatic carbocycles. The van der Waals surface area contributed by atoms with Crippen LogP contribution in [0.4, 0.5) is 14.5 Å². The van der Waals surface area contributed by atoms with Gasteiger partial charge in [-0.1, -0.05) is 0 Å². The van der Waals surface area contributed by atoms with Gasteiger partial charge in [-0.3, -0.25) is 9.71 Å². The minimum Gasteiger partial charge on any atom is -0.276 e. The molecule has 0 unspecified atom stereocenters. The van der Waals surface area contributed by atoms with Gasteiger partial charge < -0.3 is 0 Å². The summed E-state index contributed by atoms with van der Waals surface area (Å²) in [5, 5.41) is 0. The van der Waals surface area contributed by atoms with Gasteiger partial charge >= 0.3 is 0 Å². The molecule has 0 bridgehead atoms. The molecule has 0 aliphatic rings. The molecule has 4 nitrogen and oxygen atoms in total. The van der Waals surface area contributed by atoms with Crippen LogP contribution in [0.5, 0.6) is 0 Å².